The zero-order valence-electron chi connectivity index (χ0n) is 15.4. The Balaban J connectivity index is 1.90. The minimum atomic E-state index is -3.73. The van der Waals surface area contributed by atoms with Crippen molar-refractivity contribution >= 4 is 32.4 Å². The molecule has 0 spiro atoms. The first kappa shape index (κ1) is 18.3. The van der Waals surface area contributed by atoms with Crippen molar-refractivity contribution in [2.45, 2.75) is 20.0 Å². The van der Waals surface area contributed by atoms with Gasteiger partial charge < -0.3 is 4.74 Å². The average Bonchev–Trinajstić information content (AvgIpc) is 2.68. The van der Waals surface area contributed by atoms with Crippen molar-refractivity contribution in [1.29, 1.82) is 0 Å². The van der Waals surface area contributed by atoms with Gasteiger partial charge in [-0.25, -0.2) is 0 Å². The third kappa shape index (κ3) is 3.43. The van der Waals surface area contributed by atoms with Crippen LogP contribution in [0.5, 0.6) is 0 Å². The predicted octanol–water partition coefficient (Wildman–Crippen LogP) is 1.11. The zero-order chi connectivity index (χ0) is 19.0. The lowest BCUT2D eigenvalue weighted by atomic mass is 10.1. The lowest BCUT2D eigenvalue weighted by Gasteiger charge is -2.36. The van der Waals surface area contributed by atoms with Gasteiger partial charge in [0, 0.05) is 13.1 Å². The molecule has 2 aliphatic rings. The van der Waals surface area contributed by atoms with Gasteiger partial charge in [0.15, 0.2) is 0 Å². The number of hydroxylamine groups is 1. The molecule has 3 heterocycles. The number of pyridine rings is 1. The van der Waals surface area contributed by atoms with Crippen molar-refractivity contribution in [1.82, 2.24) is 4.90 Å². The molecule has 0 amide bonds. The van der Waals surface area contributed by atoms with Crippen LogP contribution >= 0.6 is 0 Å². The highest BCUT2D eigenvalue weighted by Gasteiger charge is 2.45. The van der Waals surface area contributed by atoms with Gasteiger partial charge in [0.25, 0.3) is 0 Å². The molecular formula is C18H23N4O4S+. The average molecular weight is 391 g/mol. The van der Waals surface area contributed by atoms with E-state index in [2.05, 4.69) is 4.90 Å². The van der Waals surface area contributed by atoms with Crippen molar-refractivity contribution < 1.29 is 22.1 Å². The maximum absolute atomic E-state index is 12.4. The van der Waals surface area contributed by atoms with Crippen molar-refractivity contribution in [3.63, 3.8) is 0 Å². The Morgan fingerprint density at radius 3 is 2.74 bits per heavy atom. The molecule has 9 heteroatoms. The minimum absolute atomic E-state index is 0.111. The minimum Gasteiger partial charge on any atom is -0.379 e. The first-order valence-corrected chi connectivity index (χ1v) is 10.6. The molecule has 1 aromatic heterocycles. The van der Waals surface area contributed by atoms with Crippen LogP contribution in [-0.4, -0.2) is 57.3 Å². The summed E-state index contributed by atoms with van der Waals surface area (Å²) in [7, 11) is -3.73. The summed E-state index contributed by atoms with van der Waals surface area (Å²) in [6, 6.07) is 9.76. The smallest absolute Gasteiger partial charge is 0.343 e. The van der Waals surface area contributed by atoms with Crippen LogP contribution in [0.15, 0.2) is 41.6 Å². The van der Waals surface area contributed by atoms with Gasteiger partial charge in [-0.2, -0.15) is 8.42 Å². The van der Waals surface area contributed by atoms with Gasteiger partial charge in [0.2, 0.25) is 6.17 Å². The van der Waals surface area contributed by atoms with E-state index in [1.54, 1.807) is 11.6 Å². The van der Waals surface area contributed by atoms with Crippen LogP contribution in [-0.2, 0) is 19.1 Å². The lowest BCUT2D eigenvalue weighted by Crippen LogP contribution is -2.62. The van der Waals surface area contributed by atoms with Crippen LogP contribution in [0, 0.1) is 0 Å². The first-order chi connectivity index (χ1) is 13.0. The van der Waals surface area contributed by atoms with E-state index in [-0.39, 0.29) is 5.75 Å². The molecule has 144 valence electrons. The number of fused-ring (bicyclic) bond motifs is 3. The number of rotatable bonds is 4. The largest absolute Gasteiger partial charge is 0.379 e. The summed E-state index contributed by atoms with van der Waals surface area (Å²) in [5, 5.41) is 8.05. The van der Waals surface area contributed by atoms with Crippen LogP contribution < -0.4 is 9.74 Å². The topological polar surface area (TPSA) is 75.3 Å². The fraction of sp³-hybridized carbons (Fsp3) is 0.444. The summed E-state index contributed by atoms with van der Waals surface area (Å²) < 4.78 is 37.5. The van der Waals surface area contributed by atoms with Crippen molar-refractivity contribution in [2.24, 2.45) is 5.10 Å². The van der Waals surface area contributed by atoms with Gasteiger partial charge in [-0.15, -0.1) is 4.68 Å². The summed E-state index contributed by atoms with van der Waals surface area (Å²) in [6.45, 7) is 5.99. The summed E-state index contributed by atoms with van der Waals surface area (Å²) in [5.41, 5.74) is 0.760. The van der Waals surface area contributed by atoms with Crippen LogP contribution in [0.2, 0.25) is 0 Å². The molecule has 0 bridgehead atoms. The van der Waals surface area contributed by atoms with E-state index < -0.39 is 16.3 Å². The molecule has 2 aliphatic heterocycles. The summed E-state index contributed by atoms with van der Waals surface area (Å²) >= 11 is 0. The van der Waals surface area contributed by atoms with Crippen LogP contribution in [0.3, 0.4) is 0 Å². The van der Waals surface area contributed by atoms with Gasteiger partial charge in [0.05, 0.1) is 24.4 Å². The number of hydrogen-bond donors (Lipinski definition) is 0. The second kappa shape index (κ2) is 7.16. The number of ether oxygens (including phenoxy) is 1. The Hall–Kier alpha value is -2.07. The van der Waals surface area contributed by atoms with Crippen LogP contribution in [0.4, 0.5) is 5.82 Å². The SMILES string of the molecule is CCS(=O)(=O)ON1c2c3ccccc3cc[n+]2N=C(C)C1N1CCOCC1. The number of benzene rings is 1. The molecule has 2 aromatic rings. The summed E-state index contributed by atoms with van der Waals surface area (Å²) in [5.74, 6) is 0.493. The Bertz CT molecular complexity index is 986. The fourth-order valence-corrected chi connectivity index (χ4v) is 3.99. The van der Waals surface area contributed by atoms with E-state index in [4.69, 9.17) is 14.1 Å². The van der Waals surface area contributed by atoms with Crippen molar-refractivity contribution in [2.75, 3.05) is 37.1 Å². The molecule has 1 fully saturated rings. The molecule has 8 nitrogen and oxygen atoms in total. The fourth-order valence-electron chi connectivity index (χ4n) is 3.48. The number of hydrogen-bond acceptors (Lipinski definition) is 7. The zero-order valence-corrected chi connectivity index (χ0v) is 16.2. The second-order valence-corrected chi connectivity index (χ2v) is 8.42. The quantitative estimate of drug-likeness (QED) is 0.727. The van der Waals surface area contributed by atoms with E-state index in [0.29, 0.717) is 32.1 Å². The molecule has 27 heavy (non-hydrogen) atoms. The third-order valence-electron chi connectivity index (χ3n) is 4.82. The van der Waals surface area contributed by atoms with Crippen molar-refractivity contribution in [3.8, 4) is 0 Å². The third-order valence-corrected chi connectivity index (χ3v) is 5.92. The molecule has 0 radical (unpaired) electrons. The molecule has 0 saturated carbocycles. The van der Waals surface area contributed by atoms with Crippen LogP contribution in [0.1, 0.15) is 13.8 Å². The Morgan fingerprint density at radius 2 is 2.00 bits per heavy atom. The standard InChI is InChI=1S/C18H23N4O4S/c1-3-27(23,24)26-22-17(20-10-12-25-13-11-20)14(2)19-21-9-8-15-6-4-5-7-16(15)18(21)22/h4-9,17H,3,10-13H2,1-2H3/q+1. The Kier molecular flexibility index (Phi) is 4.85. The predicted molar refractivity (Wildman–Crippen MR) is 102 cm³/mol. The number of morpholine rings is 1. The van der Waals surface area contributed by atoms with Crippen LogP contribution in [0.25, 0.3) is 10.8 Å². The summed E-state index contributed by atoms with van der Waals surface area (Å²) in [4.78, 5) is 2.14. The van der Waals surface area contributed by atoms with E-state index in [1.165, 1.54) is 5.06 Å². The maximum atomic E-state index is 12.4. The molecule has 1 atom stereocenters. The second-order valence-electron chi connectivity index (χ2n) is 6.58. The number of aromatic nitrogens is 1. The molecule has 4 rings (SSSR count). The van der Waals surface area contributed by atoms with E-state index in [9.17, 15) is 8.42 Å². The number of anilines is 1. The van der Waals surface area contributed by atoms with Gasteiger partial charge in [-0.05, 0) is 31.4 Å². The molecule has 1 unspecified atom stereocenters. The molecule has 0 aliphatic carbocycles. The van der Waals surface area contributed by atoms with Gasteiger partial charge in [0.1, 0.15) is 11.9 Å². The summed E-state index contributed by atoms with van der Waals surface area (Å²) in [6.07, 6.45) is 1.41. The maximum Gasteiger partial charge on any atom is 0.343 e. The Morgan fingerprint density at radius 1 is 1.26 bits per heavy atom. The highest BCUT2D eigenvalue weighted by Crippen LogP contribution is 2.29. The van der Waals surface area contributed by atoms with Gasteiger partial charge >= 0.3 is 15.9 Å². The first-order valence-electron chi connectivity index (χ1n) is 9.02. The number of nitrogens with zero attached hydrogens (tertiary/aromatic N) is 4. The van der Waals surface area contributed by atoms with Gasteiger partial charge in [-0.3, -0.25) is 4.90 Å². The van der Waals surface area contributed by atoms with E-state index in [0.717, 1.165) is 16.5 Å². The normalized spacial score (nSPS) is 21.2. The highest BCUT2D eigenvalue weighted by atomic mass is 32.2. The molecule has 1 aromatic carbocycles. The van der Waals surface area contributed by atoms with E-state index in [1.807, 2.05) is 43.5 Å². The molecule has 1 saturated heterocycles. The van der Waals surface area contributed by atoms with Crippen molar-refractivity contribution in [3.05, 3.63) is 36.5 Å². The van der Waals surface area contributed by atoms with Gasteiger partial charge in [-0.1, -0.05) is 32.6 Å². The highest BCUT2D eigenvalue weighted by molar-refractivity contribution is 7.86. The van der Waals surface area contributed by atoms with E-state index >= 15 is 0 Å². The monoisotopic (exact) mass is 391 g/mol. The Labute approximate surface area is 158 Å². The molecule has 0 N–H and O–H groups in total. The lowest BCUT2D eigenvalue weighted by molar-refractivity contribution is -0.669. The molecular weight excluding hydrogens is 368 g/mol.